The highest BCUT2D eigenvalue weighted by Gasteiger charge is 2.18. The van der Waals surface area contributed by atoms with Crippen LogP contribution in [-0.4, -0.2) is 23.1 Å². The molecule has 0 bridgehead atoms. The summed E-state index contributed by atoms with van der Waals surface area (Å²) in [7, 11) is 2.09. The van der Waals surface area contributed by atoms with Gasteiger partial charge in [0, 0.05) is 18.7 Å². The molecule has 0 aliphatic rings. The van der Waals surface area contributed by atoms with Crippen LogP contribution in [0, 0.1) is 5.92 Å². The minimum Gasteiger partial charge on any atom is -0.357 e. The van der Waals surface area contributed by atoms with Crippen molar-refractivity contribution in [3.63, 3.8) is 0 Å². The maximum absolute atomic E-state index is 6.18. The van der Waals surface area contributed by atoms with Gasteiger partial charge in [-0.05, 0) is 25.7 Å². The SMILES string of the molecule is CCCc1c(Cl)ncnc1N(C)C(C)CC(C)C. The highest BCUT2D eigenvalue weighted by Crippen LogP contribution is 2.26. The maximum atomic E-state index is 6.18. The predicted molar refractivity (Wildman–Crippen MR) is 78.4 cm³/mol. The Balaban J connectivity index is 2.97. The minimum atomic E-state index is 0.451. The van der Waals surface area contributed by atoms with Crippen LogP contribution in [0.1, 0.15) is 46.1 Å². The van der Waals surface area contributed by atoms with Gasteiger partial charge in [-0.1, -0.05) is 38.8 Å². The van der Waals surface area contributed by atoms with Gasteiger partial charge in [-0.2, -0.15) is 0 Å². The topological polar surface area (TPSA) is 29.0 Å². The summed E-state index contributed by atoms with van der Waals surface area (Å²) in [5.41, 5.74) is 1.07. The Labute approximate surface area is 116 Å². The van der Waals surface area contributed by atoms with Gasteiger partial charge in [0.25, 0.3) is 0 Å². The van der Waals surface area contributed by atoms with E-state index in [1.807, 2.05) is 0 Å². The predicted octanol–water partition coefficient (Wildman–Crippen LogP) is 3.95. The summed E-state index contributed by atoms with van der Waals surface area (Å²) >= 11 is 6.18. The van der Waals surface area contributed by atoms with E-state index >= 15 is 0 Å². The first-order valence-electron chi connectivity index (χ1n) is 6.69. The molecule has 1 aromatic rings. The lowest BCUT2D eigenvalue weighted by Crippen LogP contribution is -2.31. The van der Waals surface area contributed by atoms with Crippen molar-refractivity contribution in [3.05, 3.63) is 17.0 Å². The molecule has 3 nitrogen and oxygen atoms in total. The second-order valence-corrected chi connectivity index (χ2v) is 5.66. The monoisotopic (exact) mass is 269 g/mol. The molecule has 1 aromatic heterocycles. The Morgan fingerprint density at radius 3 is 2.50 bits per heavy atom. The fourth-order valence-corrected chi connectivity index (χ4v) is 2.42. The van der Waals surface area contributed by atoms with E-state index in [0.717, 1.165) is 30.6 Å². The Bertz CT molecular complexity index is 379. The molecule has 0 fully saturated rings. The lowest BCUT2D eigenvalue weighted by molar-refractivity contribution is 0.501. The molecular weight excluding hydrogens is 246 g/mol. The van der Waals surface area contributed by atoms with Gasteiger partial charge in [0.05, 0.1) is 0 Å². The third-order valence-electron chi connectivity index (χ3n) is 3.18. The van der Waals surface area contributed by atoms with Crippen molar-refractivity contribution < 1.29 is 0 Å². The molecule has 4 heteroatoms. The van der Waals surface area contributed by atoms with Crippen LogP contribution in [0.25, 0.3) is 0 Å². The molecule has 0 N–H and O–H groups in total. The van der Waals surface area contributed by atoms with Crippen LogP contribution in [0.3, 0.4) is 0 Å². The zero-order chi connectivity index (χ0) is 13.7. The molecule has 1 atom stereocenters. The van der Waals surface area contributed by atoms with Crippen LogP contribution in [0.5, 0.6) is 0 Å². The van der Waals surface area contributed by atoms with E-state index in [1.54, 1.807) is 6.33 Å². The van der Waals surface area contributed by atoms with Crippen LogP contribution >= 0.6 is 11.6 Å². The van der Waals surface area contributed by atoms with E-state index in [4.69, 9.17) is 11.6 Å². The number of hydrogen-bond acceptors (Lipinski definition) is 3. The number of anilines is 1. The van der Waals surface area contributed by atoms with Gasteiger partial charge in [-0.25, -0.2) is 9.97 Å². The standard InChI is InChI=1S/C14H24ClN3/c1-6-7-12-13(15)16-9-17-14(12)18(5)11(4)8-10(2)3/h9-11H,6-8H2,1-5H3. The number of rotatable bonds is 6. The van der Waals surface area contributed by atoms with Gasteiger partial charge >= 0.3 is 0 Å². The van der Waals surface area contributed by atoms with E-state index in [1.165, 1.54) is 0 Å². The summed E-state index contributed by atoms with van der Waals surface area (Å²) < 4.78 is 0. The molecule has 0 radical (unpaired) electrons. The Morgan fingerprint density at radius 2 is 1.94 bits per heavy atom. The molecule has 0 aromatic carbocycles. The zero-order valence-corrected chi connectivity index (χ0v) is 12.8. The quantitative estimate of drug-likeness (QED) is 0.732. The third-order valence-corrected chi connectivity index (χ3v) is 3.50. The Hall–Kier alpha value is -0.830. The van der Waals surface area contributed by atoms with E-state index in [0.29, 0.717) is 17.1 Å². The van der Waals surface area contributed by atoms with Crippen LogP contribution in [0.15, 0.2) is 6.33 Å². The Kier molecular flexibility index (Phi) is 5.86. The first-order chi connectivity index (χ1) is 8.47. The highest BCUT2D eigenvalue weighted by atomic mass is 35.5. The van der Waals surface area contributed by atoms with Crippen molar-refractivity contribution in [3.8, 4) is 0 Å². The van der Waals surface area contributed by atoms with Gasteiger partial charge in [0.2, 0.25) is 0 Å². The van der Waals surface area contributed by atoms with Crippen LogP contribution in [0.2, 0.25) is 5.15 Å². The molecule has 102 valence electrons. The average Bonchev–Trinajstić information content (AvgIpc) is 2.30. The molecule has 0 aliphatic heterocycles. The van der Waals surface area contributed by atoms with Crippen molar-refractivity contribution in [1.29, 1.82) is 0 Å². The summed E-state index contributed by atoms with van der Waals surface area (Å²) in [6.45, 7) is 8.85. The van der Waals surface area contributed by atoms with Crippen LogP contribution in [-0.2, 0) is 6.42 Å². The van der Waals surface area contributed by atoms with E-state index in [2.05, 4.69) is 49.6 Å². The van der Waals surface area contributed by atoms with Crippen molar-refractivity contribution in [1.82, 2.24) is 9.97 Å². The lowest BCUT2D eigenvalue weighted by atomic mass is 10.0. The van der Waals surface area contributed by atoms with Gasteiger partial charge in [0.1, 0.15) is 17.3 Å². The zero-order valence-electron chi connectivity index (χ0n) is 12.1. The van der Waals surface area contributed by atoms with E-state index in [9.17, 15) is 0 Å². The lowest BCUT2D eigenvalue weighted by Gasteiger charge is -2.29. The van der Waals surface area contributed by atoms with Crippen molar-refractivity contribution in [2.45, 2.75) is 53.0 Å². The highest BCUT2D eigenvalue weighted by molar-refractivity contribution is 6.30. The summed E-state index contributed by atoms with van der Waals surface area (Å²) in [6, 6.07) is 0.451. The molecule has 0 saturated heterocycles. The largest absolute Gasteiger partial charge is 0.357 e. The van der Waals surface area contributed by atoms with Gasteiger partial charge in [0.15, 0.2) is 0 Å². The van der Waals surface area contributed by atoms with E-state index < -0.39 is 0 Å². The molecule has 0 spiro atoms. The second kappa shape index (κ2) is 6.93. The number of halogens is 1. The first-order valence-corrected chi connectivity index (χ1v) is 7.07. The fraction of sp³-hybridized carbons (Fsp3) is 0.714. The van der Waals surface area contributed by atoms with Gasteiger partial charge in [-0.15, -0.1) is 0 Å². The molecule has 0 aliphatic carbocycles. The van der Waals surface area contributed by atoms with Crippen molar-refractivity contribution >= 4 is 17.4 Å². The molecule has 1 rings (SSSR count). The third kappa shape index (κ3) is 3.84. The molecule has 18 heavy (non-hydrogen) atoms. The van der Waals surface area contributed by atoms with Crippen LogP contribution in [0.4, 0.5) is 5.82 Å². The molecule has 0 saturated carbocycles. The van der Waals surface area contributed by atoms with Gasteiger partial charge in [-0.3, -0.25) is 0 Å². The summed E-state index contributed by atoms with van der Waals surface area (Å²) in [4.78, 5) is 10.7. The summed E-state index contributed by atoms with van der Waals surface area (Å²) in [5.74, 6) is 1.65. The second-order valence-electron chi connectivity index (χ2n) is 5.31. The van der Waals surface area contributed by atoms with E-state index in [-0.39, 0.29) is 0 Å². The average molecular weight is 270 g/mol. The number of nitrogens with zero attached hydrogens (tertiary/aromatic N) is 3. The molecule has 1 unspecified atom stereocenters. The number of aromatic nitrogens is 2. The summed E-state index contributed by atoms with van der Waals surface area (Å²) in [5, 5.41) is 0.588. The molecular formula is C14H24ClN3. The normalized spacial score (nSPS) is 12.8. The minimum absolute atomic E-state index is 0.451. The van der Waals surface area contributed by atoms with Crippen LogP contribution < -0.4 is 4.90 Å². The van der Waals surface area contributed by atoms with Gasteiger partial charge < -0.3 is 4.90 Å². The van der Waals surface area contributed by atoms with Crippen molar-refractivity contribution in [2.24, 2.45) is 5.92 Å². The fourth-order valence-electron chi connectivity index (χ4n) is 2.20. The Morgan fingerprint density at radius 1 is 1.28 bits per heavy atom. The molecule has 1 heterocycles. The maximum Gasteiger partial charge on any atom is 0.137 e. The summed E-state index contributed by atoms with van der Waals surface area (Å²) in [6.07, 6.45) is 4.67. The first kappa shape index (κ1) is 15.2. The molecule has 0 amide bonds. The smallest absolute Gasteiger partial charge is 0.137 e. The van der Waals surface area contributed by atoms with Crippen molar-refractivity contribution in [2.75, 3.05) is 11.9 Å². The number of hydrogen-bond donors (Lipinski definition) is 0.